The molecule has 1 saturated heterocycles. The smallest absolute Gasteiger partial charge is 0.239 e. The summed E-state index contributed by atoms with van der Waals surface area (Å²) in [5, 5.41) is 6.60. The zero-order chi connectivity index (χ0) is 22.5. The van der Waals surface area contributed by atoms with Crippen molar-refractivity contribution >= 4 is 29.3 Å². The van der Waals surface area contributed by atoms with Gasteiger partial charge in [-0.3, -0.25) is 14.2 Å². The Morgan fingerprint density at radius 2 is 2.00 bits per heavy atom. The molecule has 1 fully saturated rings. The van der Waals surface area contributed by atoms with Crippen molar-refractivity contribution in [2.45, 2.75) is 25.5 Å². The number of nitrogens with zero attached hydrogens (tertiary/aromatic N) is 3. The van der Waals surface area contributed by atoms with Gasteiger partial charge < -0.3 is 15.5 Å². The monoisotopic (exact) mass is 449 g/mol. The molecule has 1 aromatic heterocycles. The summed E-state index contributed by atoms with van der Waals surface area (Å²) in [6.07, 6.45) is 3.69. The fourth-order valence-corrected chi connectivity index (χ4v) is 4.44. The minimum Gasteiger partial charge on any atom is -0.360 e. The molecule has 4 rings (SSSR count). The summed E-state index contributed by atoms with van der Waals surface area (Å²) in [4.78, 5) is 30.4. The van der Waals surface area contributed by atoms with Crippen molar-refractivity contribution in [1.29, 1.82) is 0 Å². The predicted molar refractivity (Wildman–Crippen MR) is 127 cm³/mol. The van der Waals surface area contributed by atoms with E-state index in [9.17, 15) is 9.59 Å². The van der Waals surface area contributed by atoms with Gasteiger partial charge in [-0.05, 0) is 48.7 Å². The van der Waals surface area contributed by atoms with Gasteiger partial charge in [0, 0.05) is 37.7 Å². The van der Waals surface area contributed by atoms with Gasteiger partial charge in [-0.1, -0.05) is 36.0 Å². The molecular formula is C24H27N5O2S. The van der Waals surface area contributed by atoms with Gasteiger partial charge in [-0.2, -0.15) is 0 Å². The maximum atomic E-state index is 12.4. The first kappa shape index (κ1) is 22.0. The summed E-state index contributed by atoms with van der Waals surface area (Å²) >= 11 is 1.42. The molecule has 0 bridgehead atoms. The van der Waals surface area contributed by atoms with E-state index in [2.05, 4.69) is 46.5 Å². The highest BCUT2D eigenvalue weighted by Gasteiger charge is 2.16. The van der Waals surface area contributed by atoms with Gasteiger partial charge in [0.25, 0.3) is 0 Å². The van der Waals surface area contributed by atoms with E-state index in [1.165, 1.54) is 22.9 Å². The summed E-state index contributed by atoms with van der Waals surface area (Å²) in [6.45, 7) is 6.49. The normalized spacial score (nSPS) is 13.7. The van der Waals surface area contributed by atoms with Crippen molar-refractivity contribution in [3.05, 3.63) is 71.5 Å². The second-order valence-corrected chi connectivity index (χ2v) is 8.74. The Kier molecular flexibility index (Phi) is 6.80. The van der Waals surface area contributed by atoms with E-state index < -0.39 is 0 Å². The molecule has 1 aliphatic heterocycles. The van der Waals surface area contributed by atoms with Crippen LogP contribution in [0.1, 0.15) is 16.7 Å². The van der Waals surface area contributed by atoms with Crippen LogP contribution in [0.15, 0.2) is 60.0 Å². The standard InChI is InChI=1S/C24H27N5O2S/c1-17-4-3-5-21(18(17)2)29-13-11-26-24(29)32-16-23(31)27-14-19-6-8-20(9-7-19)28-12-10-25-22(30)15-28/h3-9,11,13H,10,12,14-16H2,1-2H3,(H,25,30)(H,27,31). The second kappa shape index (κ2) is 9.91. The molecule has 0 atom stereocenters. The Morgan fingerprint density at radius 3 is 2.78 bits per heavy atom. The van der Waals surface area contributed by atoms with Crippen molar-refractivity contribution in [3.8, 4) is 5.69 Å². The third kappa shape index (κ3) is 5.13. The molecule has 0 unspecified atom stereocenters. The minimum atomic E-state index is -0.0395. The molecule has 3 aromatic rings. The molecule has 8 heteroatoms. The van der Waals surface area contributed by atoms with E-state index in [1.807, 2.05) is 41.1 Å². The minimum absolute atomic E-state index is 0.0395. The Morgan fingerprint density at radius 1 is 1.19 bits per heavy atom. The lowest BCUT2D eigenvalue weighted by Gasteiger charge is -2.28. The first-order valence-corrected chi connectivity index (χ1v) is 11.6. The van der Waals surface area contributed by atoms with Crippen molar-refractivity contribution in [2.75, 3.05) is 30.3 Å². The lowest BCUT2D eigenvalue weighted by Crippen LogP contribution is -2.47. The van der Waals surface area contributed by atoms with Crippen LogP contribution in [0.5, 0.6) is 0 Å². The van der Waals surface area contributed by atoms with Gasteiger partial charge in [-0.15, -0.1) is 0 Å². The van der Waals surface area contributed by atoms with E-state index in [0.29, 0.717) is 25.4 Å². The van der Waals surface area contributed by atoms with E-state index in [0.717, 1.165) is 28.6 Å². The summed E-state index contributed by atoms with van der Waals surface area (Å²) in [7, 11) is 0. The number of aryl methyl sites for hydroxylation is 1. The Labute approximate surface area is 192 Å². The summed E-state index contributed by atoms with van der Waals surface area (Å²) in [5.41, 5.74) is 5.54. The van der Waals surface area contributed by atoms with E-state index >= 15 is 0 Å². The molecule has 0 spiro atoms. The van der Waals surface area contributed by atoms with E-state index in [4.69, 9.17) is 0 Å². The predicted octanol–water partition coefficient (Wildman–Crippen LogP) is 2.83. The number of thioether (sulfide) groups is 1. The van der Waals surface area contributed by atoms with Crippen LogP contribution in [0, 0.1) is 13.8 Å². The van der Waals surface area contributed by atoms with Crippen LogP contribution in [0.3, 0.4) is 0 Å². The number of anilines is 1. The van der Waals surface area contributed by atoms with Crippen LogP contribution < -0.4 is 15.5 Å². The van der Waals surface area contributed by atoms with Crippen LogP contribution in [-0.2, 0) is 16.1 Å². The number of benzene rings is 2. The molecule has 2 N–H and O–H groups in total. The zero-order valence-electron chi connectivity index (χ0n) is 18.3. The molecule has 7 nitrogen and oxygen atoms in total. The van der Waals surface area contributed by atoms with Gasteiger partial charge in [0.2, 0.25) is 11.8 Å². The van der Waals surface area contributed by atoms with Gasteiger partial charge in [0.05, 0.1) is 18.0 Å². The van der Waals surface area contributed by atoms with Gasteiger partial charge in [0.1, 0.15) is 0 Å². The Balaban J connectivity index is 1.30. The number of imidazole rings is 1. The largest absolute Gasteiger partial charge is 0.360 e. The number of hydrogen-bond acceptors (Lipinski definition) is 5. The van der Waals surface area contributed by atoms with Crippen LogP contribution in [0.2, 0.25) is 0 Å². The van der Waals surface area contributed by atoms with Crippen molar-refractivity contribution in [1.82, 2.24) is 20.2 Å². The topological polar surface area (TPSA) is 79.3 Å². The molecule has 166 valence electrons. The Bertz CT molecular complexity index is 1110. The molecule has 0 aliphatic carbocycles. The fraction of sp³-hybridized carbons (Fsp3) is 0.292. The van der Waals surface area contributed by atoms with Crippen LogP contribution in [0.25, 0.3) is 5.69 Å². The molecule has 0 saturated carbocycles. The number of carbonyl (C=O) groups is 2. The van der Waals surface area contributed by atoms with Crippen LogP contribution >= 0.6 is 11.8 Å². The molecule has 1 aliphatic rings. The zero-order valence-corrected chi connectivity index (χ0v) is 19.1. The van der Waals surface area contributed by atoms with Gasteiger partial charge in [0.15, 0.2) is 5.16 Å². The molecule has 0 radical (unpaired) electrons. The van der Waals surface area contributed by atoms with Crippen molar-refractivity contribution < 1.29 is 9.59 Å². The lowest BCUT2D eigenvalue weighted by atomic mass is 10.1. The molecule has 2 amide bonds. The van der Waals surface area contributed by atoms with E-state index in [-0.39, 0.29) is 11.8 Å². The quantitative estimate of drug-likeness (QED) is 0.543. The molecule has 2 heterocycles. The van der Waals surface area contributed by atoms with Crippen molar-refractivity contribution in [2.24, 2.45) is 0 Å². The lowest BCUT2D eigenvalue weighted by molar-refractivity contribution is -0.120. The third-order valence-electron chi connectivity index (χ3n) is 5.60. The second-order valence-electron chi connectivity index (χ2n) is 7.80. The van der Waals surface area contributed by atoms with Gasteiger partial charge >= 0.3 is 0 Å². The molecule has 2 aromatic carbocycles. The van der Waals surface area contributed by atoms with Crippen LogP contribution in [0.4, 0.5) is 5.69 Å². The molecule has 32 heavy (non-hydrogen) atoms. The van der Waals surface area contributed by atoms with E-state index in [1.54, 1.807) is 6.20 Å². The first-order valence-electron chi connectivity index (χ1n) is 10.6. The highest BCUT2D eigenvalue weighted by Crippen LogP contribution is 2.24. The summed E-state index contributed by atoms with van der Waals surface area (Å²) in [5.74, 6) is 0.300. The summed E-state index contributed by atoms with van der Waals surface area (Å²) in [6, 6.07) is 14.2. The number of nitrogens with one attached hydrogen (secondary N) is 2. The Hall–Kier alpha value is -3.26. The van der Waals surface area contributed by atoms with Gasteiger partial charge in [-0.25, -0.2) is 4.98 Å². The van der Waals surface area contributed by atoms with Crippen LogP contribution in [-0.4, -0.2) is 46.8 Å². The highest BCUT2D eigenvalue weighted by molar-refractivity contribution is 7.99. The number of rotatable bonds is 7. The number of amides is 2. The highest BCUT2D eigenvalue weighted by atomic mass is 32.2. The maximum Gasteiger partial charge on any atom is 0.239 e. The average molecular weight is 450 g/mol. The number of hydrogen-bond donors (Lipinski definition) is 2. The summed E-state index contributed by atoms with van der Waals surface area (Å²) < 4.78 is 2.03. The number of carbonyl (C=O) groups excluding carboxylic acids is 2. The number of piperazine rings is 1. The van der Waals surface area contributed by atoms with Crippen molar-refractivity contribution in [3.63, 3.8) is 0 Å². The SMILES string of the molecule is Cc1cccc(-n2ccnc2SCC(=O)NCc2ccc(N3CCNC(=O)C3)cc2)c1C. The third-order valence-corrected chi connectivity index (χ3v) is 6.57. The average Bonchev–Trinajstić information content (AvgIpc) is 3.27. The number of aromatic nitrogens is 2. The maximum absolute atomic E-state index is 12.4. The first-order chi connectivity index (χ1) is 15.5. The molecular weight excluding hydrogens is 422 g/mol. The fourth-order valence-electron chi connectivity index (χ4n) is 3.64.